The van der Waals surface area contributed by atoms with Crippen molar-refractivity contribution in [3.05, 3.63) is 111 Å². The Morgan fingerprint density at radius 1 is 0.925 bits per heavy atom. The molecule has 3 heterocycles. The molecule has 4 N–H and O–H groups in total. The lowest BCUT2D eigenvalue weighted by atomic mass is 9.77. The molecule has 17 nitrogen and oxygen atoms in total. The van der Waals surface area contributed by atoms with Crippen LogP contribution in [-0.2, 0) is 49.0 Å². The number of rotatable bonds is 28. The van der Waals surface area contributed by atoms with Gasteiger partial charge >= 0.3 is 0 Å². The number of nitrogens with zero attached hydrogens (tertiary/aromatic N) is 8. The van der Waals surface area contributed by atoms with E-state index in [-0.39, 0.29) is 28.4 Å². The fourth-order valence-corrected chi connectivity index (χ4v) is 10.1. The third-order valence-electron chi connectivity index (χ3n) is 12.6. The minimum atomic E-state index is -4.47. The molecule has 1 aromatic heterocycles. The van der Waals surface area contributed by atoms with Crippen molar-refractivity contribution in [3.8, 4) is 0 Å². The molecule has 2 aliphatic heterocycles. The summed E-state index contributed by atoms with van der Waals surface area (Å²) in [6.07, 6.45) is 19.7. The summed E-state index contributed by atoms with van der Waals surface area (Å²) in [5.41, 5.74) is 15.5. The second-order valence-electron chi connectivity index (χ2n) is 18.2. The molecule has 2 aromatic carbocycles. The summed E-state index contributed by atoms with van der Waals surface area (Å²) >= 11 is 0. The summed E-state index contributed by atoms with van der Waals surface area (Å²) in [5, 5.41) is 18.2. The lowest BCUT2D eigenvalue weighted by molar-refractivity contribution is -0.438. The molecule has 0 saturated carbocycles. The van der Waals surface area contributed by atoms with Gasteiger partial charge in [0.2, 0.25) is 11.6 Å². The van der Waals surface area contributed by atoms with Gasteiger partial charge in [0.05, 0.1) is 21.8 Å². The van der Waals surface area contributed by atoms with E-state index < -0.39 is 25.7 Å². The maximum Gasteiger partial charge on any atom is 0.294 e. The van der Waals surface area contributed by atoms with E-state index in [0.717, 1.165) is 80.7 Å². The van der Waals surface area contributed by atoms with Crippen LogP contribution >= 0.6 is 0 Å². The van der Waals surface area contributed by atoms with Crippen molar-refractivity contribution >= 4 is 43.2 Å². The molecule has 0 radical (unpaired) electrons. The number of amides is 1. The monoisotopic (exact) mass is 961 g/mol. The maximum absolute atomic E-state index is 12.7. The first-order valence-electron chi connectivity index (χ1n) is 23.4. The van der Waals surface area contributed by atoms with Crippen molar-refractivity contribution in [2.45, 2.75) is 134 Å². The van der Waals surface area contributed by atoms with E-state index in [4.69, 9.17) is 5.53 Å². The smallest absolute Gasteiger partial charge is 0.294 e. The Hall–Kier alpha value is -5.17. The number of fused-ring (bicyclic) bond motifs is 2. The first kappa shape index (κ1) is 52.8. The number of hydrogen-bond donors (Lipinski definition) is 4. The van der Waals surface area contributed by atoms with Crippen LogP contribution in [0.2, 0.25) is 0 Å². The van der Waals surface area contributed by atoms with Crippen molar-refractivity contribution in [3.63, 3.8) is 0 Å². The van der Waals surface area contributed by atoms with E-state index >= 15 is 0 Å². The molecule has 0 spiro atoms. The van der Waals surface area contributed by atoms with Gasteiger partial charge in [0.1, 0.15) is 6.54 Å². The number of aryl methyl sites for hydroxylation is 2. The van der Waals surface area contributed by atoms with E-state index in [1.54, 1.807) is 10.7 Å². The van der Waals surface area contributed by atoms with Gasteiger partial charge in [-0.3, -0.25) is 18.6 Å². The van der Waals surface area contributed by atoms with Crippen molar-refractivity contribution in [2.75, 3.05) is 43.4 Å². The molecule has 1 atom stereocenters. The molecule has 3 aromatic rings. The number of benzene rings is 2. The van der Waals surface area contributed by atoms with Crippen LogP contribution in [-0.4, -0.2) is 95.6 Å². The Kier molecular flexibility index (Phi) is 19.1. The number of nitrogens with one attached hydrogen (secondary N) is 2. The first-order chi connectivity index (χ1) is 31.9. The largest absolute Gasteiger partial charge is 0.356 e. The molecule has 1 unspecified atom stereocenters. The van der Waals surface area contributed by atoms with Gasteiger partial charge in [-0.15, -0.1) is 5.10 Å². The Balaban J connectivity index is 1.22. The van der Waals surface area contributed by atoms with E-state index in [1.165, 1.54) is 34.7 Å². The Bertz CT molecular complexity index is 2600. The highest BCUT2D eigenvalue weighted by molar-refractivity contribution is 7.86. The highest BCUT2D eigenvalue weighted by atomic mass is 32.2. The van der Waals surface area contributed by atoms with Crippen molar-refractivity contribution in [2.24, 2.45) is 5.11 Å². The Labute approximate surface area is 396 Å². The Morgan fingerprint density at radius 3 is 2.48 bits per heavy atom. The van der Waals surface area contributed by atoms with Crippen molar-refractivity contribution in [1.82, 2.24) is 25.6 Å². The molecule has 0 aliphatic carbocycles. The molecular formula is C48H69N10O7S2+. The number of unbranched alkanes of at least 4 members (excludes halogenated alkanes) is 4. The van der Waals surface area contributed by atoms with Crippen LogP contribution < -0.4 is 15.5 Å². The zero-order chi connectivity index (χ0) is 48.7. The average molecular weight is 962 g/mol. The summed E-state index contributed by atoms with van der Waals surface area (Å²) < 4.78 is 71.1. The minimum absolute atomic E-state index is 0.0413. The average Bonchev–Trinajstić information content (AvgIpc) is 3.88. The fraction of sp³-hybridized carbons (Fsp3) is 0.542. The van der Waals surface area contributed by atoms with Gasteiger partial charge in [-0.05, 0) is 121 Å². The molecule has 2 aliphatic rings. The summed E-state index contributed by atoms with van der Waals surface area (Å²) in [6, 6.07) is 11.3. The third kappa shape index (κ3) is 14.7. The van der Waals surface area contributed by atoms with Crippen LogP contribution in [0.1, 0.15) is 121 Å². The molecule has 67 heavy (non-hydrogen) atoms. The summed E-state index contributed by atoms with van der Waals surface area (Å²) in [4.78, 5) is 17.4. The quantitative estimate of drug-likeness (QED) is 0.0103. The number of anilines is 1. The van der Waals surface area contributed by atoms with Gasteiger partial charge in [0, 0.05) is 91.2 Å². The van der Waals surface area contributed by atoms with E-state index in [1.807, 2.05) is 37.4 Å². The second-order valence-corrected chi connectivity index (χ2v) is 21.2. The number of allylic oxidation sites excluding steroid dienone is 6. The highest BCUT2D eigenvalue weighted by Crippen LogP contribution is 2.51. The van der Waals surface area contributed by atoms with E-state index in [2.05, 4.69) is 92.4 Å². The Morgan fingerprint density at radius 2 is 1.73 bits per heavy atom. The van der Waals surface area contributed by atoms with Gasteiger partial charge < -0.3 is 15.5 Å². The van der Waals surface area contributed by atoms with Crippen LogP contribution in [0, 0.1) is 6.92 Å². The second kappa shape index (κ2) is 24.2. The zero-order valence-electron chi connectivity index (χ0n) is 39.7. The van der Waals surface area contributed by atoms with Gasteiger partial charge in [-0.25, -0.2) is 0 Å². The molecule has 5 rings (SSSR count). The summed E-state index contributed by atoms with van der Waals surface area (Å²) in [5.74, 6) is -0.323. The minimum Gasteiger partial charge on any atom is -0.356 e. The number of carbonyl (C=O) groups is 1. The fourth-order valence-electron chi connectivity index (χ4n) is 9.02. The number of carbonyl (C=O) groups excluding carboxylic acids is 1. The number of hydrogen-bond acceptors (Lipinski definition) is 10. The molecule has 0 fully saturated rings. The third-order valence-corrected chi connectivity index (χ3v) is 14.2. The van der Waals surface area contributed by atoms with Crippen molar-refractivity contribution < 1.29 is 35.3 Å². The lowest BCUT2D eigenvalue weighted by Gasteiger charge is -2.30. The van der Waals surface area contributed by atoms with Gasteiger partial charge in [0.25, 0.3) is 20.2 Å². The van der Waals surface area contributed by atoms with Crippen LogP contribution in [0.3, 0.4) is 0 Å². The normalized spacial score (nSPS) is 17.5. The number of aromatic nitrogens is 3. The summed E-state index contributed by atoms with van der Waals surface area (Å²) in [7, 11) is -8.61. The molecular weight excluding hydrogens is 893 g/mol. The standard InChI is InChI=1S/C48H68N10O7S2/c1-6-7-30-58-43-24-22-39(67(63,64)65)34-41(43)48(5,25-13-15-32-66(60,61)62)45(58)19-11-8-10-18-44-47(3,4)40-33-37(2)21-23-42(40)57(44)31-14-9-12-20-46(59)51-27-17-29-56-36-38(53-55-56)35-50-26-16-28-52-54-49/h8,10-11,18-19,21-24,33-34,36,50H,6-7,9,12-17,20,25-32,35H2,1-5H3,(H2-,51,59,60,61,62,63,64,65)/p+1. The predicted octanol–water partition coefficient (Wildman–Crippen LogP) is 8.40. The van der Waals surface area contributed by atoms with Crippen LogP contribution in [0.4, 0.5) is 11.4 Å². The molecule has 19 heteroatoms. The number of azide groups is 1. The zero-order valence-corrected chi connectivity index (χ0v) is 41.3. The van der Waals surface area contributed by atoms with Crippen LogP contribution in [0.5, 0.6) is 0 Å². The van der Waals surface area contributed by atoms with Crippen LogP contribution in [0.25, 0.3) is 10.4 Å². The predicted molar refractivity (Wildman–Crippen MR) is 263 cm³/mol. The van der Waals surface area contributed by atoms with E-state index in [0.29, 0.717) is 52.0 Å². The summed E-state index contributed by atoms with van der Waals surface area (Å²) in [6.45, 7) is 15.2. The molecule has 364 valence electrons. The molecule has 1 amide bonds. The molecule has 0 saturated heterocycles. The SMILES string of the molecule is CCCCN1/C(=C/C=C/C=C/C2=[N+](CCCCCC(=O)NCCCn3cc(CNCCCN=[N+]=[N-])nn3)c3ccc(C)cc3C2(C)C)C(C)(CCCCS(=O)(=O)O)c2cc(S(=O)(=O)O)ccc21. The van der Waals surface area contributed by atoms with Gasteiger partial charge in [-0.2, -0.15) is 21.4 Å². The lowest BCUT2D eigenvalue weighted by Crippen LogP contribution is -2.29. The topological polar surface area (TPSA) is 236 Å². The highest BCUT2D eigenvalue weighted by Gasteiger charge is 2.45. The maximum atomic E-state index is 12.7. The molecule has 0 bridgehead atoms. The van der Waals surface area contributed by atoms with E-state index in [9.17, 15) is 30.7 Å². The van der Waals surface area contributed by atoms with Crippen molar-refractivity contribution in [1.29, 1.82) is 0 Å². The van der Waals surface area contributed by atoms with Gasteiger partial charge in [-0.1, -0.05) is 60.0 Å². The van der Waals surface area contributed by atoms with Gasteiger partial charge in [0.15, 0.2) is 5.71 Å². The first-order valence-corrected chi connectivity index (χ1v) is 26.5. The van der Waals surface area contributed by atoms with Crippen LogP contribution in [0.15, 0.2) is 88.7 Å².